The molecule has 2 rings (SSSR count). The van der Waals surface area contributed by atoms with Crippen molar-refractivity contribution in [2.75, 3.05) is 0 Å². The molecule has 0 spiro atoms. The fourth-order valence-corrected chi connectivity index (χ4v) is 3.88. The van der Waals surface area contributed by atoms with E-state index >= 15 is 0 Å². The molecule has 0 N–H and O–H groups in total. The second-order valence-corrected chi connectivity index (χ2v) is 7.96. The molecule has 0 aliphatic heterocycles. The monoisotopic (exact) mass is 280 g/mol. The van der Waals surface area contributed by atoms with E-state index in [1.807, 2.05) is 27.7 Å². The Morgan fingerprint density at radius 2 is 1.95 bits per heavy atom. The van der Waals surface area contributed by atoms with Crippen molar-refractivity contribution in [3.05, 3.63) is 0 Å². The summed E-state index contributed by atoms with van der Waals surface area (Å²) in [5.41, 5.74) is -0.953. The lowest BCUT2D eigenvalue weighted by molar-refractivity contribution is -0.176. The van der Waals surface area contributed by atoms with Crippen molar-refractivity contribution in [3.8, 4) is 0 Å². The molecule has 0 bridgehead atoms. The summed E-state index contributed by atoms with van der Waals surface area (Å²) in [6.07, 6.45) is 4.38. The summed E-state index contributed by atoms with van der Waals surface area (Å²) in [5, 5.41) is 0. The molecular weight excluding hydrogens is 252 g/mol. The molecule has 20 heavy (non-hydrogen) atoms. The zero-order chi connectivity index (χ0) is 15.1. The minimum absolute atomic E-state index is 0.0928. The quantitative estimate of drug-likeness (QED) is 0.687. The predicted molar refractivity (Wildman–Crippen MR) is 78.2 cm³/mol. The molecule has 0 saturated heterocycles. The first-order chi connectivity index (χ1) is 9.15. The SMILES string of the molecule is C[C@@H]1CC[C@@H]2[C@H]1C(=O)CCC[C@@]2(C)OC(=O)C(C)(C)C. The van der Waals surface area contributed by atoms with Crippen LogP contribution in [-0.4, -0.2) is 17.4 Å². The standard InChI is InChI=1S/C17H28O3/c1-11-8-9-12-14(11)13(18)7-6-10-17(12,5)20-15(19)16(2,3)4/h11-12,14H,6-10H2,1-5H3/t11-,12-,14+,17-/m1/s1. The Morgan fingerprint density at radius 1 is 1.30 bits per heavy atom. The normalized spacial score (nSPS) is 38.2. The molecule has 3 nitrogen and oxygen atoms in total. The van der Waals surface area contributed by atoms with E-state index in [0.717, 1.165) is 25.7 Å². The Kier molecular flexibility index (Phi) is 4.01. The van der Waals surface area contributed by atoms with Gasteiger partial charge in [-0.05, 0) is 59.3 Å². The average Bonchev–Trinajstić information content (AvgIpc) is 2.64. The highest BCUT2D eigenvalue weighted by atomic mass is 16.6. The molecular formula is C17H28O3. The molecule has 2 saturated carbocycles. The molecule has 0 amide bonds. The van der Waals surface area contributed by atoms with Gasteiger partial charge in [0.15, 0.2) is 0 Å². The van der Waals surface area contributed by atoms with E-state index in [1.54, 1.807) is 0 Å². The van der Waals surface area contributed by atoms with E-state index in [-0.39, 0.29) is 17.8 Å². The average molecular weight is 280 g/mol. The van der Waals surface area contributed by atoms with Gasteiger partial charge in [-0.2, -0.15) is 0 Å². The van der Waals surface area contributed by atoms with Crippen molar-refractivity contribution in [2.45, 2.75) is 72.3 Å². The van der Waals surface area contributed by atoms with Crippen molar-refractivity contribution in [3.63, 3.8) is 0 Å². The second-order valence-electron chi connectivity index (χ2n) is 7.96. The largest absolute Gasteiger partial charge is 0.459 e. The second kappa shape index (κ2) is 5.16. The van der Waals surface area contributed by atoms with E-state index in [9.17, 15) is 9.59 Å². The number of Topliss-reactive ketones (excluding diaryl/α,β-unsaturated/α-hetero) is 1. The first-order valence-corrected chi connectivity index (χ1v) is 7.91. The lowest BCUT2D eigenvalue weighted by Crippen LogP contribution is -2.44. The Bertz CT molecular complexity index is 407. The maximum atomic E-state index is 12.3. The van der Waals surface area contributed by atoms with Crippen LogP contribution < -0.4 is 0 Å². The Labute approximate surface area is 122 Å². The van der Waals surface area contributed by atoms with Crippen LogP contribution in [0.5, 0.6) is 0 Å². The number of carbonyl (C=O) groups is 2. The van der Waals surface area contributed by atoms with Crippen molar-refractivity contribution in [1.82, 2.24) is 0 Å². The molecule has 2 fully saturated rings. The minimum Gasteiger partial charge on any atom is -0.459 e. The highest BCUT2D eigenvalue weighted by Gasteiger charge is 2.51. The summed E-state index contributed by atoms with van der Waals surface area (Å²) in [4.78, 5) is 24.6. The smallest absolute Gasteiger partial charge is 0.311 e. The van der Waals surface area contributed by atoms with Crippen molar-refractivity contribution in [1.29, 1.82) is 0 Å². The topological polar surface area (TPSA) is 43.4 Å². The fraction of sp³-hybridized carbons (Fsp3) is 0.882. The molecule has 0 unspecified atom stereocenters. The van der Waals surface area contributed by atoms with E-state index in [4.69, 9.17) is 4.74 Å². The van der Waals surface area contributed by atoms with Crippen molar-refractivity contribution in [2.24, 2.45) is 23.2 Å². The molecule has 0 aromatic heterocycles. The molecule has 4 atom stereocenters. The van der Waals surface area contributed by atoms with Gasteiger partial charge in [0.1, 0.15) is 11.4 Å². The summed E-state index contributed by atoms with van der Waals surface area (Å²) in [7, 11) is 0. The fourth-order valence-electron chi connectivity index (χ4n) is 3.88. The number of hydrogen-bond donors (Lipinski definition) is 0. The van der Waals surface area contributed by atoms with Crippen molar-refractivity contribution >= 4 is 11.8 Å². The van der Waals surface area contributed by atoms with Gasteiger partial charge < -0.3 is 4.74 Å². The van der Waals surface area contributed by atoms with Gasteiger partial charge in [-0.15, -0.1) is 0 Å². The molecule has 0 aromatic carbocycles. The van der Waals surface area contributed by atoms with E-state index in [2.05, 4.69) is 6.92 Å². The van der Waals surface area contributed by atoms with Crippen molar-refractivity contribution < 1.29 is 14.3 Å². The van der Waals surface area contributed by atoms with Crippen LogP contribution in [0.15, 0.2) is 0 Å². The molecule has 114 valence electrons. The Hall–Kier alpha value is -0.860. The van der Waals surface area contributed by atoms with Gasteiger partial charge >= 0.3 is 5.97 Å². The summed E-state index contributed by atoms with van der Waals surface area (Å²) in [6.45, 7) is 9.87. The molecule has 0 radical (unpaired) electrons. The van der Waals surface area contributed by atoms with E-state index < -0.39 is 11.0 Å². The first-order valence-electron chi connectivity index (χ1n) is 7.91. The zero-order valence-corrected chi connectivity index (χ0v) is 13.5. The summed E-state index contributed by atoms with van der Waals surface area (Å²) in [6, 6.07) is 0. The molecule has 0 heterocycles. The number of fused-ring (bicyclic) bond motifs is 1. The third-order valence-electron chi connectivity index (χ3n) is 5.17. The summed E-state index contributed by atoms with van der Waals surface area (Å²) >= 11 is 0. The highest BCUT2D eigenvalue weighted by Crippen LogP contribution is 2.49. The highest BCUT2D eigenvalue weighted by molar-refractivity contribution is 5.82. The number of ketones is 1. The number of ether oxygens (including phenoxy) is 1. The van der Waals surface area contributed by atoms with Gasteiger partial charge in [0.05, 0.1) is 5.41 Å². The minimum atomic E-state index is -0.487. The number of rotatable bonds is 1. The van der Waals surface area contributed by atoms with Gasteiger partial charge in [-0.25, -0.2) is 0 Å². The van der Waals surface area contributed by atoms with E-state index in [1.165, 1.54) is 0 Å². The Balaban J connectivity index is 2.25. The summed E-state index contributed by atoms with van der Waals surface area (Å²) in [5.74, 6) is 0.968. The number of carbonyl (C=O) groups excluding carboxylic acids is 2. The van der Waals surface area contributed by atoms with Crippen LogP contribution in [0.4, 0.5) is 0 Å². The number of esters is 1. The maximum absolute atomic E-state index is 12.3. The lowest BCUT2D eigenvalue weighted by Gasteiger charge is -2.38. The molecule has 3 heteroatoms. The summed E-state index contributed by atoms with van der Waals surface area (Å²) < 4.78 is 5.94. The van der Waals surface area contributed by atoms with Crippen LogP contribution in [0, 0.1) is 23.2 Å². The van der Waals surface area contributed by atoms with Gasteiger partial charge in [-0.3, -0.25) is 9.59 Å². The molecule has 2 aliphatic rings. The van der Waals surface area contributed by atoms with Crippen LogP contribution in [0.3, 0.4) is 0 Å². The molecule has 2 aliphatic carbocycles. The van der Waals surface area contributed by atoms with Crippen LogP contribution in [0.25, 0.3) is 0 Å². The van der Waals surface area contributed by atoms with Gasteiger partial charge in [0.2, 0.25) is 0 Å². The number of hydrogen-bond acceptors (Lipinski definition) is 3. The Morgan fingerprint density at radius 3 is 2.55 bits per heavy atom. The third kappa shape index (κ3) is 2.77. The van der Waals surface area contributed by atoms with Gasteiger partial charge in [-0.1, -0.05) is 6.92 Å². The third-order valence-corrected chi connectivity index (χ3v) is 5.17. The van der Waals surface area contributed by atoms with Crippen LogP contribution in [0.2, 0.25) is 0 Å². The lowest BCUT2D eigenvalue weighted by atomic mass is 9.77. The predicted octanol–water partition coefficient (Wildman–Crippen LogP) is 3.75. The molecule has 0 aromatic rings. The first kappa shape index (κ1) is 15.5. The van der Waals surface area contributed by atoms with E-state index in [0.29, 0.717) is 18.1 Å². The van der Waals surface area contributed by atoms with Gasteiger partial charge in [0, 0.05) is 18.3 Å². The maximum Gasteiger partial charge on any atom is 0.311 e. The van der Waals surface area contributed by atoms with Gasteiger partial charge in [0.25, 0.3) is 0 Å². The zero-order valence-electron chi connectivity index (χ0n) is 13.5. The van der Waals surface area contributed by atoms with Crippen LogP contribution >= 0.6 is 0 Å². The van der Waals surface area contributed by atoms with Crippen LogP contribution in [0.1, 0.15) is 66.7 Å². The van der Waals surface area contributed by atoms with Crippen LogP contribution in [-0.2, 0) is 14.3 Å².